The smallest absolute Gasteiger partial charge is 0.339 e. The largest absolute Gasteiger partial charge is 0.507 e. The monoisotopic (exact) mass is 313 g/mol. The topological polar surface area (TPSA) is 104 Å². The first-order valence-corrected chi connectivity index (χ1v) is 8.38. The van der Waals surface area contributed by atoms with E-state index in [2.05, 4.69) is 4.72 Å². The van der Waals surface area contributed by atoms with Crippen LogP contribution in [0.4, 0.5) is 0 Å². The average molecular weight is 313 g/mol. The van der Waals surface area contributed by atoms with Gasteiger partial charge in [-0.1, -0.05) is 12.8 Å². The second-order valence-electron chi connectivity index (χ2n) is 5.44. The quantitative estimate of drug-likeness (QED) is 0.771. The molecule has 0 heterocycles. The molecule has 0 aromatic heterocycles. The van der Waals surface area contributed by atoms with Gasteiger partial charge in [0.1, 0.15) is 11.3 Å². The van der Waals surface area contributed by atoms with Gasteiger partial charge >= 0.3 is 5.97 Å². The van der Waals surface area contributed by atoms with E-state index in [1.54, 1.807) is 0 Å². The van der Waals surface area contributed by atoms with Gasteiger partial charge in [-0.15, -0.1) is 0 Å². The van der Waals surface area contributed by atoms with Gasteiger partial charge in [-0.3, -0.25) is 0 Å². The van der Waals surface area contributed by atoms with Crippen molar-refractivity contribution in [3.63, 3.8) is 0 Å². The van der Waals surface area contributed by atoms with Gasteiger partial charge < -0.3 is 10.2 Å². The second kappa shape index (κ2) is 6.03. The zero-order chi connectivity index (χ0) is 15.6. The number of sulfonamides is 1. The van der Waals surface area contributed by atoms with Crippen molar-refractivity contribution in [2.75, 3.05) is 0 Å². The Balaban J connectivity index is 2.23. The third-order valence-corrected chi connectivity index (χ3v) is 5.51. The molecule has 0 amide bonds. The molecule has 1 atom stereocenters. The highest BCUT2D eigenvalue weighted by Crippen LogP contribution is 2.28. The molecule has 116 valence electrons. The molecule has 1 fully saturated rings. The molecule has 0 radical (unpaired) electrons. The van der Waals surface area contributed by atoms with Crippen molar-refractivity contribution in [3.05, 3.63) is 23.8 Å². The maximum Gasteiger partial charge on any atom is 0.339 e. The lowest BCUT2D eigenvalue weighted by atomic mass is 10.0. The summed E-state index contributed by atoms with van der Waals surface area (Å²) < 4.78 is 27.2. The lowest BCUT2D eigenvalue weighted by Gasteiger charge is -2.20. The number of aromatic carboxylic acids is 1. The molecule has 1 unspecified atom stereocenters. The number of carboxylic acid groups (broad SMARTS) is 1. The van der Waals surface area contributed by atoms with Crippen LogP contribution in [0.1, 0.15) is 43.0 Å². The predicted octanol–water partition coefficient (Wildman–Crippen LogP) is 1.95. The predicted molar refractivity (Wildman–Crippen MR) is 76.8 cm³/mol. The molecular weight excluding hydrogens is 294 g/mol. The van der Waals surface area contributed by atoms with E-state index in [9.17, 15) is 18.3 Å². The van der Waals surface area contributed by atoms with Gasteiger partial charge in [0.2, 0.25) is 10.0 Å². The van der Waals surface area contributed by atoms with Crippen LogP contribution >= 0.6 is 0 Å². The van der Waals surface area contributed by atoms with Crippen molar-refractivity contribution in [3.8, 4) is 5.75 Å². The van der Waals surface area contributed by atoms with Gasteiger partial charge in [0, 0.05) is 6.04 Å². The van der Waals surface area contributed by atoms with Crippen molar-refractivity contribution in [1.29, 1.82) is 0 Å². The minimum absolute atomic E-state index is 0.150. The van der Waals surface area contributed by atoms with E-state index in [-0.39, 0.29) is 10.9 Å². The number of carbonyl (C=O) groups is 1. The molecule has 0 bridgehead atoms. The van der Waals surface area contributed by atoms with Crippen molar-refractivity contribution in [2.45, 2.75) is 43.5 Å². The first-order valence-electron chi connectivity index (χ1n) is 6.90. The average Bonchev–Trinajstić information content (AvgIpc) is 2.92. The number of hydrogen-bond donors (Lipinski definition) is 3. The Morgan fingerprint density at radius 3 is 2.52 bits per heavy atom. The van der Waals surface area contributed by atoms with Crippen LogP contribution in [0, 0.1) is 5.92 Å². The van der Waals surface area contributed by atoms with Crippen LogP contribution in [-0.2, 0) is 10.0 Å². The van der Waals surface area contributed by atoms with Crippen molar-refractivity contribution >= 4 is 16.0 Å². The summed E-state index contributed by atoms with van der Waals surface area (Å²) in [6.45, 7) is 1.83. The number of aromatic hydroxyl groups is 1. The molecule has 0 aliphatic heterocycles. The van der Waals surface area contributed by atoms with Crippen LogP contribution in [0.2, 0.25) is 0 Å². The summed E-state index contributed by atoms with van der Waals surface area (Å²) in [5.74, 6) is -1.51. The fraction of sp³-hybridized carbons (Fsp3) is 0.500. The van der Waals surface area contributed by atoms with E-state index in [4.69, 9.17) is 5.11 Å². The number of carboxylic acids is 1. The third kappa shape index (κ3) is 3.54. The summed E-state index contributed by atoms with van der Waals surface area (Å²) >= 11 is 0. The highest BCUT2D eigenvalue weighted by atomic mass is 32.2. The summed E-state index contributed by atoms with van der Waals surface area (Å²) in [5.41, 5.74) is -0.425. The standard InChI is InChI=1S/C14H19NO5S/c1-9(10-4-2-3-5-10)15-21(19,20)11-6-7-13(16)12(8-11)14(17)18/h6-10,15-16H,2-5H2,1H3,(H,17,18). The van der Waals surface area contributed by atoms with Crippen LogP contribution in [-0.4, -0.2) is 30.6 Å². The summed E-state index contributed by atoms with van der Waals surface area (Å²) in [6, 6.07) is 3.06. The molecule has 1 aliphatic rings. The zero-order valence-electron chi connectivity index (χ0n) is 11.7. The molecule has 2 rings (SSSR count). The fourth-order valence-electron chi connectivity index (χ4n) is 2.72. The fourth-order valence-corrected chi connectivity index (χ4v) is 4.06. The molecule has 1 aromatic carbocycles. The van der Waals surface area contributed by atoms with Crippen molar-refractivity contribution in [1.82, 2.24) is 4.72 Å². The highest BCUT2D eigenvalue weighted by molar-refractivity contribution is 7.89. The maximum absolute atomic E-state index is 12.3. The Morgan fingerprint density at radius 2 is 1.95 bits per heavy atom. The molecule has 1 aliphatic carbocycles. The van der Waals surface area contributed by atoms with E-state index >= 15 is 0 Å². The van der Waals surface area contributed by atoms with Crippen molar-refractivity contribution < 1.29 is 23.4 Å². The molecule has 0 saturated heterocycles. The molecule has 0 spiro atoms. The Morgan fingerprint density at radius 1 is 1.33 bits per heavy atom. The van der Waals surface area contributed by atoms with Gasteiger partial charge in [-0.05, 0) is 43.9 Å². The molecule has 6 nitrogen and oxygen atoms in total. The zero-order valence-corrected chi connectivity index (χ0v) is 12.6. The summed E-state index contributed by atoms with van der Waals surface area (Å²) in [6.07, 6.45) is 4.22. The lowest BCUT2D eigenvalue weighted by molar-refractivity contribution is 0.0693. The van der Waals surface area contributed by atoms with E-state index in [1.165, 1.54) is 6.07 Å². The molecule has 21 heavy (non-hydrogen) atoms. The van der Waals surface area contributed by atoms with Gasteiger partial charge in [0.25, 0.3) is 0 Å². The Kier molecular flexibility index (Phi) is 4.53. The summed E-state index contributed by atoms with van der Waals surface area (Å²) in [7, 11) is -3.79. The first-order chi connectivity index (χ1) is 9.81. The molecule has 7 heteroatoms. The number of phenols is 1. The Bertz CT molecular complexity index is 635. The minimum atomic E-state index is -3.79. The van der Waals surface area contributed by atoms with Gasteiger partial charge in [0.15, 0.2) is 0 Å². The number of benzene rings is 1. The lowest BCUT2D eigenvalue weighted by Crippen LogP contribution is -2.37. The third-order valence-electron chi connectivity index (χ3n) is 3.96. The first kappa shape index (κ1) is 15.8. The molecular formula is C14H19NO5S. The Hall–Kier alpha value is -1.60. The van der Waals surface area contributed by atoms with Crippen LogP contribution in [0.5, 0.6) is 5.75 Å². The highest BCUT2D eigenvalue weighted by Gasteiger charge is 2.27. The SMILES string of the molecule is CC(NS(=O)(=O)c1ccc(O)c(C(=O)O)c1)C1CCCC1. The van der Waals surface area contributed by atoms with Crippen LogP contribution in [0.15, 0.2) is 23.1 Å². The summed E-state index contributed by atoms with van der Waals surface area (Å²) in [4.78, 5) is 10.8. The van der Waals surface area contributed by atoms with Crippen molar-refractivity contribution in [2.24, 2.45) is 5.92 Å². The molecule has 3 N–H and O–H groups in total. The number of nitrogens with one attached hydrogen (secondary N) is 1. The van der Waals surface area contributed by atoms with E-state index in [1.807, 2.05) is 6.92 Å². The minimum Gasteiger partial charge on any atom is -0.507 e. The van der Waals surface area contributed by atoms with E-state index in [0.29, 0.717) is 5.92 Å². The maximum atomic E-state index is 12.3. The van der Waals surface area contributed by atoms with Gasteiger partial charge in [0.05, 0.1) is 4.90 Å². The van der Waals surface area contributed by atoms with Crippen LogP contribution in [0.25, 0.3) is 0 Å². The molecule has 1 aromatic rings. The number of rotatable bonds is 5. The van der Waals surface area contributed by atoms with E-state index < -0.39 is 27.3 Å². The normalized spacial score (nSPS) is 17.8. The van der Waals surface area contributed by atoms with Crippen LogP contribution < -0.4 is 4.72 Å². The summed E-state index contributed by atoms with van der Waals surface area (Å²) in [5, 5.41) is 18.4. The molecule has 1 saturated carbocycles. The number of hydrogen-bond acceptors (Lipinski definition) is 4. The Labute approximate surface area is 123 Å². The van der Waals surface area contributed by atoms with E-state index in [0.717, 1.165) is 37.8 Å². The van der Waals surface area contributed by atoms with Crippen LogP contribution in [0.3, 0.4) is 0 Å². The van der Waals surface area contributed by atoms with Gasteiger partial charge in [-0.25, -0.2) is 17.9 Å². The second-order valence-corrected chi connectivity index (χ2v) is 7.15. The van der Waals surface area contributed by atoms with Gasteiger partial charge in [-0.2, -0.15) is 0 Å².